The highest BCUT2D eigenvalue weighted by Gasteiger charge is 2.38. The predicted molar refractivity (Wildman–Crippen MR) is 116 cm³/mol. The van der Waals surface area contributed by atoms with Crippen molar-refractivity contribution in [3.63, 3.8) is 0 Å². The fourth-order valence-electron chi connectivity index (χ4n) is 4.61. The summed E-state index contributed by atoms with van der Waals surface area (Å²) in [4.78, 5) is 37.6. The van der Waals surface area contributed by atoms with Crippen molar-refractivity contribution in [1.82, 2.24) is 20.2 Å². The first kappa shape index (κ1) is 28.3. The molecule has 0 radical (unpaired) electrons. The molecule has 35 heavy (non-hydrogen) atoms. The maximum atomic E-state index is 12.8. The number of nitrogens with zero attached hydrogens (tertiary/aromatic N) is 5. The number of carboxylic acids is 1. The van der Waals surface area contributed by atoms with Crippen LogP contribution in [0.15, 0.2) is 0 Å². The van der Waals surface area contributed by atoms with Crippen LogP contribution in [0.4, 0.5) is 13.2 Å². The summed E-state index contributed by atoms with van der Waals surface area (Å²) in [5, 5.41) is 27.5. The van der Waals surface area contributed by atoms with Crippen LogP contribution in [0.25, 0.3) is 0 Å². The standard InChI is InChI=1S/C20H30N6O2.C2HF3O2/c21-12-17-8-4-10-24(17)19(27)14-23-26(16-6-2-1-3-7-16)15-20(28)25-11-5-9-18(25)13-22;3-2(4,5)1(6)7/h16-18,23H,1-11,14-15H2;(H,6,7). The van der Waals surface area contributed by atoms with Crippen molar-refractivity contribution < 1.29 is 32.7 Å². The third-order valence-electron chi connectivity index (χ3n) is 6.44. The van der Waals surface area contributed by atoms with E-state index in [1.54, 1.807) is 9.80 Å². The lowest BCUT2D eigenvalue weighted by Crippen LogP contribution is -2.55. The molecule has 0 bridgehead atoms. The summed E-state index contributed by atoms with van der Waals surface area (Å²) in [6, 6.07) is 3.98. The van der Waals surface area contributed by atoms with Crippen molar-refractivity contribution >= 4 is 17.8 Å². The normalized spacial score (nSPS) is 22.8. The zero-order chi connectivity index (χ0) is 26.0. The minimum atomic E-state index is -5.08. The Balaban J connectivity index is 0.000000540. The second kappa shape index (κ2) is 13.3. The molecule has 3 fully saturated rings. The number of hydrogen-bond donors (Lipinski definition) is 2. The molecule has 0 spiro atoms. The Labute approximate surface area is 202 Å². The molecule has 1 saturated carbocycles. The number of nitriles is 2. The van der Waals surface area contributed by atoms with Gasteiger partial charge in [0.25, 0.3) is 0 Å². The van der Waals surface area contributed by atoms with Crippen LogP contribution in [0.2, 0.25) is 0 Å². The molecule has 2 atom stereocenters. The van der Waals surface area contributed by atoms with Crippen LogP contribution in [0.3, 0.4) is 0 Å². The molecule has 2 saturated heterocycles. The number of hydrazine groups is 1. The van der Waals surface area contributed by atoms with Gasteiger partial charge in [0.1, 0.15) is 12.1 Å². The van der Waals surface area contributed by atoms with Crippen LogP contribution in [0, 0.1) is 22.7 Å². The number of carbonyl (C=O) groups excluding carboxylic acids is 2. The summed E-state index contributed by atoms with van der Waals surface area (Å²) in [6.45, 7) is 1.53. The average Bonchev–Trinajstić information content (AvgIpc) is 3.51. The van der Waals surface area contributed by atoms with E-state index in [1.807, 2.05) is 5.01 Å². The number of nitrogens with one attached hydrogen (secondary N) is 1. The lowest BCUT2D eigenvalue weighted by atomic mass is 9.95. The van der Waals surface area contributed by atoms with E-state index < -0.39 is 12.1 Å². The molecule has 3 rings (SSSR count). The van der Waals surface area contributed by atoms with Crippen molar-refractivity contribution in [3.8, 4) is 12.1 Å². The van der Waals surface area contributed by atoms with Crippen LogP contribution in [0.5, 0.6) is 0 Å². The van der Waals surface area contributed by atoms with E-state index in [4.69, 9.17) is 9.90 Å². The summed E-state index contributed by atoms with van der Waals surface area (Å²) in [7, 11) is 0. The number of hydrogen-bond acceptors (Lipinski definition) is 7. The average molecular weight is 501 g/mol. The van der Waals surface area contributed by atoms with Gasteiger partial charge in [-0.05, 0) is 38.5 Å². The minimum Gasteiger partial charge on any atom is -0.475 e. The summed E-state index contributed by atoms with van der Waals surface area (Å²) >= 11 is 0. The number of halogens is 3. The summed E-state index contributed by atoms with van der Waals surface area (Å²) in [5.41, 5.74) is 3.20. The number of alkyl halides is 3. The zero-order valence-corrected chi connectivity index (χ0v) is 19.5. The Morgan fingerprint density at radius 3 is 1.83 bits per heavy atom. The molecule has 13 heteroatoms. The smallest absolute Gasteiger partial charge is 0.475 e. The Bertz CT molecular complexity index is 835. The molecule has 194 valence electrons. The number of likely N-dealkylation sites (tertiary alicyclic amines) is 2. The molecule has 0 aromatic carbocycles. The number of carboxylic acid groups (broad SMARTS) is 1. The van der Waals surface area contributed by atoms with Gasteiger partial charge in [0.05, 0.1) is 25.2 Å². The third kappa shape index (κ3) is 8.37. The Morgan fingerprint density at radius 2 is 1.37 bits per heavy atom. The Morgan fingerprint density at radius 1 is 0.886 bits per heavy atom. The molecule has 2 aliphatic heterocycles. The first-order valence-corrected chi connectivity index (χ1v) is 11.8. The van der Waals surface area contributed by atoms with E-state index in [9.17, 15) is 33.3 Å². The minimum absolute atomic E-state index is 0.0503. The molecule has 0 aromatic rings. The van der Waals surface area contributed by atoms with Crippen LogP contribution in [-0.2, 0) is 14.4 Å². The van der Waals surface area contributed by atoms with Gasteiger partial charge in [-0.15, -0.1) is 0 Å². The van der Waals surface area contributed by atoms with Gasteiger partial charge in [0.2, 0.25) is 11.8 Å². The number of amides is 2. The Hall–Kier alpha value is -2.90. The van der Waals surface area contributed by atoms with Gasteiger partial charge in [0.15, 0.2) is 0 Å². The topological polar surface area (TPSA) is 141 Å². The van der Waals surface area contributed by atoms with Crippen molar-refractivity contribution in [2.45, 2.75) is 82.1 Å². The van der Waals surface area contributed by atoms with Crippen LogP contribution >= 0.6 is 0 Å². The highest BCUT2D eigenvalue weighted by Crippen LogP contribution is 2.23. The van der Waals surface area contributed by atoms with Crippen LogP contribution < -0.4 is 5.43 Å². The monoisotopic (exact) mass is 500 g/mol. The first-order valence-electron chi connectivity index (χ1n) is 11.8. The lowest BCUT2D eigenvalue weighted by molar-refractivity contribution is -0.192. The number of rotatable bonds is 6. The van der Waals surface area contributed by atoms with E-state index >= 15 is 0 Å². The van der Waals surface area contributed by atoms with Gasteiger partial charge in [-0.3, -0.25) is 9.59 Å². The molecule has 2 heterocycles. The predicted octanol–water partition coefficient (Wildman–Crippen LogP) is 1.79. The van der Waals surface area contributed by atoms with Gasteiger partial charge >= 0.3 is 12.1 Å². The van der Waals surface area contributed by atoms with E-state index in [0.29, 0.717) is 13.1 Å². The lowest BCUT2D eigenvalue weighted by Gasteiger charge is -2.35. The maximum Gasteiger partial charge on any atom is 0.490 e. The number of carbonyl (C=O) groups is 3. The molecule has 1 aliphatic carbocycles. The third-order valence-corrected chi connectivity index (χ3v) is 6.44. The van der Waals surface area contributed by atoms with Crippen molar-refractivity contribution in [2.75, 3.05) is 26.2 Å². The summed E-state index contributed by atoms with van der Waals surface area (Å²) in [5.74, 6) is -2.90. The van der Waals surface area contributed by atoms with Crippen molar-refractivity contribution in [3.05, 3.63) is 0 Å². The fraction of sp³-hybridized carbons (Fsp3) is 0.773. The highest BCUT2D eigenvalue weighted by molar-refractivity contribution is 5.80. The fourth-order valence-corrected chi connectivity index (χ4v) is 4.61. The van der Waals surface area contributed by atoms with Gasteiger partial charge in [-0.1, -0.05) is 19.3 Å². The van der Waals surface area contributed by atoms with Crippen molar-refractivity contribution in [2.24, 2.45) is 0 Å². The van der Waals surface area contributed by atoms with Crippen LogP contribution in [-0.4, -0.2) is 88.2 Å². The molecule has 2 N–H and O–H groups in total. The first-order chi connectivity index (χ1) is 16.6. The quantitative estimate of drug-likeness (QED) is 0.526. The van der Waals surface area contributed by atoms with Gasteiger partial charge in [0, 0.05) is 19.1 Å². The Kier molecular flexibility index (Phi) is 10.7. The van der Waals surface area contributed by atoms with Crippen molar-refractivity contribution in [1.29, 1.82) is 10.5 Å². The summed E-state index contributed by atoms with van der Waals surface area (Å²) in [6.07, 6.45) is 3.57. The second-order valence-corrected chi connectivity index (χ2v) is 8.81. The van der Waals surface area contributed by atoms with Gasteiger partial charge in [-0.2, -0.15) is 23.7 Å². The molecule has 2 amide bonds. The molecule has 10 nitrogen and oxygen atoms in total. The van der Waals surface area contributed by atoms with Gasteiger partial charge < -0.3 is 14.9 Å². The largest absolute Gasteiger partial charge is 0.490 e. The highest BCUT2D eigenvalue weighted by atomic mass is 19.4. The van der Waals surface area contributed by atoms with Crippen LogP contribution in [0.1, 0.15) is 57.8 Å². The molecular formula is C22H31F3N6O4. The zero-order valence-electron chi connectivity index (χ0n) is 19.5. The maximum absolute atomic E-state index is 12.8. The number of aliphatic carboxylic acids is 1. The van der Waals surface area contributed by atoms with Gasteiger partial charge in [-0.25, -0.2) is 15.2 Å². The molecule has 0 aromatic heterocycles. The molecular weight excluding hydrogens is 469 g/mol. The van der Waals surface area contributed by atoms with E-state index in [2.05, 4.69) is 17.6 Å². The SMILES string of the molecule is N#CC1CCCN1C(=O)CNN(CC(=O)N1CCCC1C#N)C1CCCCC1.O=C(O)C(F)(F)F. The summed E-state index contributed by atoms with van der Waals surface area (Å²) < 4.78 is 31.7. The van der Waals surface area contributed by atoms with E-state index in [1.165, 1.54) is 6.42 Å². The molecule has 3 aliphatic rings. The van der Waals surface area contributed by atoms with E-state index in [-0.39, 0.29) is 43.0 Å². The second-order valence-electron chi connectivity index (χ2n) is 8.81. The van der Waals surface area contributed by atoms with E-state index in [0.717, 1.165) is 51.4 Å². The molecule has 2 unspecified atom stereocenters.